The molecular weight excluding hydrogens is 618 g/mol. The van der Waals surface area contributed by atoms with Crippen LogP contribution >= 0.6 is 0 Å². The van der Waals surface area contributed by atoms with Crippen molar-refractivity contribution in [1.82, 2.24) is 0 Å². The molecule has 6 atom stereocenters. The summed E-state index contributed by atoms with van der Waals surface area (Å²) in [6, 6.07) is 0. The van der Waals surface area contributed by atoms with Gasteiger partial charge in [-0.2, -0.15) is 0 Å². The average Bonchev–Trinajstić information content (AvgIpc) is 3.27. The topological polar surface area (TPSA) is 74.2 Å². The molecule has 0 radical (unpaired) electrons. The maximum absolute atomic E-state index is 15.9. The molecule has 2 unspecified atom stereocenters. The lowest BCUT2D eigenvalue weighted by molar-refractivity contribution is -0.193. The third-order valence-electron chi connectivity index (χ3n) is 10.4. The first-order valence-corrected chi connectivity index (χ1v) is 21.9. The highest BCUT2D eigenvalue weighted by atomic mass is 28.4. The number of alkyl halides is 2. The van der Waals surface area contributed by atoms with Crippen molar-refractivity contribution in [1.29, 1.82) is 0 Å². The summed E-state index contributed by atoms with van der Waals surface area (Å²) in [5.74, 6) is -3.38. The van der Waals surface area contributed by atoms with Gasteiger partial charge in [-0.05, 0) is 76.4 Å². The molecular formula is C38H70F2O6Si. The van der Waals surface area contributed by atoms with E-state index in [-0.39, 0.29) is 47.8 Å². The highest BCUT2D eigenvalue weighted by Crippen LogP contribution is 2.43. The number of hydrogen-bond donors (Lipinski definition) is 1. The molecule has 2 aliphatic rings. The number of unbranched alkanes of at least 4 members (excludes halogenated alkanes) is 8. The number of carbonyl (C=O) groups excluding carboxylic acids is 1. The Balaban J connectivity index is 2.13. The lowest BCUT2D eigenvalue weighted by atomic mass is 9.87. The minimum atomic E-state index is -2.99. The summed E-state index contributed by atoms with van der Waals surface area (Å²) in [4.78, 5) is 11.8. The van der Waals surface area contributed by atoms with Gasteiger partial charge in [-0.15, -0.1) is 0 Å². The van der Waals surface area contributed by atoms with Gasteiger partial charge in [0.05, 0.1) is 18.3 Å². The molecule has 1 saturated heterocycles. The Morgan fingerprint density at radius 1 is 1.00 bits per heavy atom. The lowest BCUT2D eigenvalue weighted by Gasteiger charge is -2.40. The second-order valence-corrected chi connectivity index (χ2v) is 20.7. The third kappa shape index (κ3) is 15.3. The highest BCUT2D eigenvalue weighted by molar-refractivity contribution is 6.74. The number of esters is 1. The van der Waals surface area contributed by atoms with E-state index in [9.17, 15) is 9.90 Å². The summed E-state index contributed by atoms with van der Waals surface area (Å²) in [7, 11) is -2.50. The van der Waals surface area contributed by atoms with Crippen LogP contribution in [0.4, 0.5) is 8.78 Å². The number of ether oxygens (including phenoxy) is 3. The summed E-state index contributed by atoms with van der Waals surface area (Å²) in [5, 5.41) is 11.1. The van der Waals surface area contributed by atoms with E-state index in [1.165, 1.54) is 0 Å². The van der Waals surface area contributed by atoms with Crippen LogP contribution < -0.4 is 0 Å². The summed E-state index contributed by atoms with van der Waals surface area (Å²) >= 11 is 0. The van der Waals surface area contributed by atoms with Gasteiger partial charge in [-0.25, -0.2) is 8.78 Å². The van der Waals surface area contributed by atoms with Crippen molar-refractivity contribution < 1.29 is 37.3 Å². The number of hydrogen-bond acceptors (Lipinski definition) is 6. The minimum absolute atomic E-state index is 0.0719. The molecule has 0 bridgehead atoms. The van der Waals surface area contributed by atoms with Crippen LogP contribution in [0.3, 0.4) is 0 Å². The van der Waals surface area contributed by atoms with Gasteiger partial charge >= 0.3 is 5.97 Å². The molecule has 1 heterocycles. The van der Waals surface area contributed by atoms with E-state index in [1.807, 2.05) is 33.0 Å². The van der Waals surface area contributed by atoms with Gasteiger partial charge in [0, 0.05) is 31.8 Å². The molecule has 0 aromatic rings. The third-order valence-corrected chi connectivity index (χ3v) is 14.9. The number of halogens is 2. The van der Waals surface area contributed by atoms with Crippen LogP contribution in [0.25, 0.3) is 0 Å². The fourth-order valence-corrected chi connectivity index (χ4v) is 7.75. The quantitative estimate of drug-likeness (QED) is 0.0528. The smallest absolute Gasteiger partial charge is 0.306 e. The molecule has 1 N–H and O–H groups in total. The van der Waals surface area contributed by atoms with Crippen molar-refractivity contribution in [2.24, 2.45) is 11.8 Å². The van der Waals surface area contributed by atoms with E-state index < -0.39 is 26.4 Å². The molecule has 1 aliphatic heterocycles. The molecule has 1 saturated carbocycles. The van der Waals surface area contributed by atoms with E-state index in [1.54, 1.807) is 6.08 Å². The molecule has 9 heteroatoms. The van der Waals surface area contributed by atoms with E-state index in [0.717, 1.165) is 83.5 Å². The maximum Gasteiger partial charge on any atom is 0.306 e. The van der Waals surface area contributed by atoms with E-state index in [4.69, 9.17) is 18.6 Å². The Morgan fingerprint density at radius 3 is 2.28 bits per heavy atom. The van der Waals surface area contributed by atoms with Crippen LogP contribution in [0, 0.1) is 11.8 Å². The molecule has 0 aromatic heterocycles. The molecule has 47 heavy (non-hydrogen) atoms. The summed E-state index contributed by atoms with van der Waals surface area (Å²) in [6.45, 7) is 16.8. The Morgan fingerprint density at radius 2 is 1.66 bits per heavy atom. The van der Waals surface area contributed by atoms with Gasteiger partial charge in [0.1, 0.15) is 6.10 Å². The second kappa shape index (κ2) is 20.7. The number of aliphatic hydroxyl groups is 1. The van der Waals surface area contributed by atoms with Gasteiger partial charge in [0.25, 0.3) is 5.92 Å². The Bertz CT molecular complexity index is 899. The minimum Gasteiger partial charge on any atom is -0.463 e. The van der Waals surface area contributed by atoms with E-state index >= 15 is 8.78 Å². The van der Waals surface area contributed by atoms with Crippen LogP contribution in [0.2, 0.25) is 18.1 Å². The molecule has 1 aliphatic carbocycles. The standard InChI is InChI=1S/C38H70F2O6Si/c1-9-10-11-19-26-38(39,40)34(46-47(7,8)37(4,5)6)25-24-31-30(32(41)28-33(31)45-36-23-18-20-27-43-36)21-16-14-12-13-15-17-22-35(42)44-29(2)3/h24-25,29-34,36,41H,9-23,26-28H2,1-8H3/b25-24+/t30-,31-,32+,33-,34?,36?/m1/s1. The number of rotatable bonds is 22. The van der Waals surface area contributed by atoms with Gasteiger partial charge in [-0.1, -0.05) is 91.2 Å². The summed E-state index contributed by atoms with van der Waals surface area (Å²) < 4.78 is 55.9. The van der Waals surface area contributed by atoms with Crippen LogP contribution in [-0.2, 0) is 23.4 Å². The van der Waals surface area contributed by atoms with Crippen molar-refractivity contribution in [2.45, 2.75) is 205 Å². The molecule has 276 valence electrons. The first-order valence-electron chi connectivity index (χ1n) is 19.0. The summed E-state index contributed by atoms with van der Waals surface area (Å²) in [6.07, 6.45) is 14.6. The van der Waals surface area contributed by atoms with Crippen molar-refractivity contribution in [2.75, 3.05) is 6.61 Å². The lowest BCUT2D eigenvalue weighted by Crippen LogP contribution is -2.48. The van der Waals surface area contributed by atoms with Crippen molar-refractivity contribution in [3.05, 3.63) is 12.2 Å². The Hall–Kier alpha value is -0.873. The normalized spacial score (nSPS) is 25.1. The molecule has 2 rings (SSSR count). The SMILES string of the molecule is CCCCCCC(F)(F)C(/C=C/[C@@H]1[C@@H](CCCCCCCCC(=O)OC(C)C)[C@@H](O)C[C@H]1OC1CCCCO1)O[Si](C)(C)C(C)(C)C. The molecule has 0 aromatic carbocycles. The molecule has 0 amide bonds. The fourth-order valence-electron chi connectivity index (χ4n) is 6.51. The van der Waals surface area contributed by atoms with E-state index in [0.29, 0.717) is 25.9 Å². The zero-order chi connectivity index (χ0) is 35.1. The number of carbonyl (C=O) groups is 1. The average molecular weight is 689 g/mol. The zero-order valence-corrected chi connectivity index (χ0v) is 32.2. The molecule has 2 fully saturated rings. The van der Waals surface area contributed by atoms with E-state index in [2.05, 4.69) is 27.7 Å². The van der Waals surface area contributed by atoms with Crippen LogP contribution in [0.15, 0.2) is 12.2 Å². The Kier molecular flexibility index (Phi) is 18.6. The maximum atomic E-state index is 15.9. The van der Waals surface area contributed by atoms with Crippen molar-refractivity contribution in [3.63, 3.8) is 0 Å². The largest absolute Gasteiger partial charge is 0.463 e. The first kappa shape index (κ1) is 42.3. The molecule has 6 nitrogen and oxygen atoms in total. The van der Waals surface area contributed by atoms with Crippen LogP contribution in [-0.4, -0.2) is 62.6 Å². The van der Waals surface area contributed by atoms with Crippen molar-refractivity contribution in [3.8, 4) is 0 Å². The Labute approximate surface area is 287 Å². The summed E-state index contributed by atoms with van der Waals surface area (Å²) in [5.41, 5.74) is 0. The number of aliphatic hydroxyl groups excluding tert-OH is 1. The first-order chi connectivity index (χ1) is 22.1. The predicted octanol–water partition coefficient (Wildman–Crippen LogP) is 10.5. The second-order valence-electron chi connectivity index (χ2n) is 16.0. The fraction of sp³-hybridized carbons (Fsp3) is 0.921. The van der Waals surface area contributed by atoms with Gasteiger partial charge in [0.15, 0.2) is 14.6 Å². The van der Waals surface area contributed by atoms with Crippen molar-refractivity contribution >= 4 is 14.3 Å². The van der Waals surface area contributed by atoms with Crippen LogP contribution in [0.1, 0.15) is 151 Å². The monoisotopic (exact) mass is 688 g/mol. The van der Waals surface area contributed by atoms with Gasteiger partial charge in [-0.3, -0.25) is 4.79 Å². The predicted molar refractivity (Wildman–Crippen MR) is 189 cm³/mol. The van der Waals surface area contributed by atoms with Crippen LogP contribution in [0.5, 0.6) is 0 Å². The van der Waals surface area contributed by atoms with Gasteiger partial charge in [0.2, 0.25) is 0 Å². The molecule has 0 spiro atoms. The zero-order valence-electron chi connectivity index (χ0n) is 31.2. The van der Waals surface area contributed by atoms with Gasteiger partial charge < -0.3 is 23.7 Å². The highest BCUT2D eigenvalue weighted by Gasteiger charge is 2.47.